The van der Waals surface area contributed by atoms with Gasteiger partial charge in [0.05, 0.1) is 4.91 Å². The molecule has 1 heterocycles. The van der Waals surface area contributed by atoms with Gasteiger partial charge in [0.25, 0.3) is 5.91 Å². The van der Waals surface area contributed by atoms with Crippen LogP contribution in [0.15, 0.2) is 29.2 Å². The van der Waals surface area contributed by atoms with Gasteiger partial charge in [0.15, 0.2) is 0 Å². The van der Waals surface area contributed by atoms with Crippen LogP contribution in [0.1, 0.15) is 30.9 Å². The smallest absolute Gasteiger partial charge is 0.266 e. The minimum absolute atomic E-state index is 0.0748. The second kappa shape index (κ2) is 7.56. The summed E-state index contributed by atoms with van der Waals surface area (Å²) in [5.74, 6) is -1.27. The number of carbonyl (C=O) groups excluding carboxylic acids is 2. The second-order valence-electron chi connectivity index (χ2n) is 4.90. The van der Waals surface area contributed by atoms with E-state index in [0.29, 0.717) is 22.2 Å². The van der Waals surface area contributed by atoms with Crippen LogP contribution in [0.25, 0.3) is 6.08 Å². The molecule has 6 heteroatoms. The van der Waals surface area contributed by atoms with Crippen molar-refractivity contribution in [1.82, 2.24) is 4.90 Å². The highest BCUT2D eigenvalue weighted by molar-refractivity contribution is 8.26. The van der Waals surface area contributed by atoms with Gasteiger partial charge in [0.1, 0.15) is 4.32 Å². The van der Waals surface area contributed by atoms with Gasteiger partial charge in [-0.3, -0.25) is 9.69 Å². The molecule has 116 valence electrons. The summed E-state index contributed by atoms with van der Waals surface area (Å²) in [5, 5.41) is 10.4. The number of rotatable bonds is 6. The van der Waals surface area contributed by atoms with E-state index in [1.807, 2.05) is 30.3 Å². The molecule has 0 spiro atoms. The first-order chi connectivity index (χ1) is 10.5. The van der Waals surface area contributed by atoms with Crippen LogP contribution < -0.4 is 5.11 Å². The normalized spacial score (nSPS) is 16.6. The maximum atomic E-state index is 12.3. The van der Waals surface area contributed by atoms with Crippen molar-refractivity contribution in [2.24, 2.45) is 0 Å². The number of carboxylic acids is 1. The molecule has 1 amide bonds. The molecule has 4 nitrogen and oxygen atoms in total. The standard InChI is InChI=1S/C16H17NO3S2/c1-2-11-5-7-12(8-6-11)10-13-15(20)17(16(21)22-13)9-3-4-14(18)19/h5-8,10H,2-4,9H2,1H3,(H,18,19)/p-1. The number of thiocarbonyl (C=S) groups is 1. The molecular weight excluding hydrogens is 318 g/mol. The summed E-state index contributed by atoms with van der Waals surface area (Å²) in [5.41, 5.74) is 2.19. The van der Waals surface area contributed by atoms with Gasteiger partial charge < -0.3 is 9.90 Å². The van der Waals surface area contributed by atoms with Gasteiger partial charge in [-0.15, -0.1) is 0 Å². The number of hydrogen-bond donors (Lipinski definition) is 0. The van der Waals surface area contributed by atoms with Crippen LogP contribution >= 0.6 is 24.0 Å². The number of amides is 1. The Morgan fingerprint density at radius 3 is 2.64 bits per heavy atom. The van der Waals surface area contributed by atoms with Crippen LogP contribution in [0.5, 0.6) is 0 Å². The maximum absolute atomic E-state index is 12.3. The van der Waals surface area contributed by atoms with E-state index in [1.54, 1.807) is 0 Å². The van der Waals surface area contributed by atoms with Crippen molar-refractivity contribution in [3.05, 3.63) is 40.3 Å². The summed E-state index contributed by atoms with van der Waals surface area (Å²) in [4.78, 5) is 24.8. The number of nitrogens with zero attached hydrogens (tertiary/aromatic N) is 1. The molecule has 1 aliphatic heterocycles. The third-order valence-corrected chi connectivity index (χ3v) is 4.70. The van der Waals surface area contributed by atoms with Crippen LogP contribution in [0.3, 0.4) is 0 Å². The lowest BCUT2D eigenvalue weighted by Gasteiger charge is -2.14. The van der Waals surface area contributed by atoms with E-state index in [-0.39, 0.29) is 12.3 Å². The number of carbonyl (C=O) groups is 2. The molecule has 0 atom stereocenters. The fourth-order valence-electron chi connectivity index (χ4n) is 2.08. The predicted octanol–water partition coefficient (Wildman–Crippen LogP) is 1.98. The first-order valence-corrected chi connectivity index (χ1v) is 8.28. The van der Waals surface area contributed by atoms with Crippen molar-refractivity contribution in [2.75, 3.05) is 6.54 Å². The van der Waals surface area contributed by atoms with Crippen molar-refractivity contribution in [3.63, 3.8) is 0 Å². The number of aliphatic carboxylic acids is 1. The number of aryl methyl sites for hydroxylation is 1. The van der Waals surface area contributed by atoms with Gasteiger partial charge >= 0.3 is 0 Å². The van der Waals surface area contributed by atoms with Crippen LogP contribution in [0.4, 0.5) is 0 Å². The summed E-state index contributed by atoms with van der Waals surface area (Å²) >= 11 is 6.44. The lowest BCUT2D eigenvalue weighted by atomic mass is 10.1. The summed E-state index contributed by atoms with van der Waals surface area (Å²) in [6.07, 6.45) is 3.06. The minimum atomic E-state index is -1.11. The average molecular weight is 334 g/mol. The first-order valence-electron chi connectivity index (χ1n) is 7.05. The molecule has 0 unspecified atom stereocenters. The molecule has 1 aromatic carbocycles. The lowest BCUT2D eigenvalue weighted by Crippen LogP contribution is -2.30. The van der Waals surface area contributed by atoms with Crippen LogP contribution in [0, 0.1) is 0 Å². The molecule has 0 radical (unpaired) electrons. The summed E-state index contributed by atoms with van der Waals surface area (Å²) in [7, 11) is 0. The zero-order valence-electron chi connectivity index (χ0n) is 12.2. The molecule has 0 aromatic heterocycles. The third kappa shape index (κ3) is 4.18. The van der Waals surface area contributed by atoms with Crippen LogP contribution in [-0.4, -0.2) is 27.6 Å². The Hall–Kier alpha value is -1.66. The molecule has 1 fully saturated rings. The first kappa shape index (κ1) is 16.7. The van der Waals surface area contributed by atoms with E-state index < -0.39 is 5.97 Å². The van der Waals surface area contributed by atoms with Gasteiger partial charge in [-0.25, -0.2) is 0 Å². The Kier molecular flexibility index (Phi) is 5.74. The summed E-state index contributed by atoms with van der Waals surface area (Å²) in [6.45, 7) is 2.40. The van der Waals surface area contributed by atoms with Gasteiger partial charge in [-0.05, 0) is 36.5 Å². The molecule has 1 aromatic rings. The molecule has 2 rings (SSSR count). The molecule has 0 aliphatic carbocycles. The van der Waals surface area contributed by atoms with E-state index in [4.69, 9.17) is 12.2 Å². The largest absolute Gasteiger partial charge is 0.550 e. The van der Waals surface area contributed by atoms with Crippen molar-refractivity contribution < 1.29 is 14.7 Å². The second-order valence-corrected chi connectivity index (χ2v) is 6.58. The SMILES string of the molecule is CCc1ccc(C=C2SC(=S)N(CCCC(=O)[O-])C2=O)cc1. The zero-order valence-corrected chi connectivity index (χ0v) is 13.8. The van der Waals surface area contributed by atoms with E-state index in [1.165, 1.54) is 22.2 Å². The van der Waals surface area contributed by atoms with E-state index in [0.717, 1.165) is 12.0 Å². The van der Waals surface area contributed by atoms with Crippen molar-refractivity contribution in [1.29, 1.82) is 0 Å². The van der Waals surface area contributed by atoms with Gasteiger partial charge in [-0.1, -0.05) is 55.2 Å². The minimum Gasteiger partial charge on any atom is -0.550 e. The molecule has 0 bridgehead atoms. The molecule has 22 heavy (non-hydrogen) atoms. The quantitative estimate of drug-likeness (QED) is 0.588. The maximum Gasteiger partial charge on any atom is 0.266 e. The predicted molar refractivity (Wildman–Crippen MR) is 89.9 cm³/mol. The monoisotopic (exact) mass is 334 g/mol. The van der Waals surface area contributed by atoms with E-state index in [9.17, 15) is 14.7 Å². The van der Waals surface area contributed by atoms with E-state index >= 15 is 0 Å². The van der Waals surface area contributed by atoms with Gasteiger partial charge in [-0.2, -0.15) is 0 Å². The fraction of sp³-hybridized carbons (Fsp3) is 0.312. The van der Waals surface area contributed by atoms with Crippen molar-refractivity contribution >= 4 is 46.3 Å². The topological polar surface area (TPSA) is 60.4 Å². The third-order valence-electron chi connectivity index (χ3n) is 3.32. The number of carboxylic acid groups (broad SMARTS) is 1. The number of hydrogen-bond acceptors (Lipinski definition) is 5. The summed E-state index contributed by atoms with van der Waals surface area (Å²) in [6, 6.07) is 8.02. The number of benzene rings is 1. The van der Waals surface area contributed by atoms with Crippen molar-refractivity contribution in [3.8, 4) is 0 Å². The van der Waals surface area contributed by atoms with Crippen LogP contribution in [0.2, 0.25) is 0 Å². The zero-order chi connectivity index (χ0) is 16.1. The molecule has 0 saturated carbocycles. The fourth-order valence-corrected chi connectivity index (χ4v) is 3.38. The Bertz CT molecular complexity index is 623. The Morgan fingerprint density at radius 1 is 1.36 bits per heavy atom. The van der Waals surface area contributed by atoms with Gasteiger partial charge in [0.2, 0.25) is 0 Å². The average Bonchev–Trinajstić information content (AvgIpc) is 2.75. The summed E-state index contributed by atoms with van der Waals surface area (Å²) < 4.78 is 0.472. The molecule has 0 N–H and O–H groups in total. The molecular formula is C16H16NO3S2-. The van der Waals surface area contributed by atoms with Crippen LogP contribution in [-0.2, 0) is 16.0 Å². The Morgan fingerprint density at radius 2 is 2.05 bits per heavy atom. The van der Waals surface area contributed by atoms with Crippen molar-refractivity contribution in [2.45, 2.75) is 26.2 Å². The lowest BCUT2D eigenvalue weighted by molar-refractivity contribution is -0.305. The molecule has 1 saturated heterocycles. The van der Waals surface area contributed by atoms with Gasteiger partial charge in [0, 0.05) is 12.5 Å². The highest BCUT2D eigenvalue weighted by Crippen LogP contribution is 2.32. The Labute approximate surface area is 139 Å². The highest BCUT2D eigenvalue weighted by atomic mass is 32.2. The number of thioether (sulfide) groups is 1. The highest BCUT2D eigenvalue weighted by Gasteiger charge is 2.31. The Balaban J connectivity index is 2.06. The molecule has 1 aliphatic rings. The van der Waals surface area contributed by atoms with E-state index in [2.05, 4.69) is 6.92 Å².